The third kappa shape index (κ3) is 5.64. The van der Waals surface area contributed by atoms with Crippen LogP contribution in [0.4, 0.5) is 0 Å². The van der Waals surface area contributed by atoms with Gasteiger partial charge in [0.05, 0.1) is 5.75 Å². The second-order valence-electron chi connectivity index (χ2n) is 4.79. The van der Waals surface area contributed by atoms with Gasteiger partial charge >= 0.3 is 0 Å². The molecule has 0 aliphatic heterocycles. The normalized spacial score (nSPS) is 12.5. The first kappa shape index (κ1) is 16.7. The van der Waals surface area contributed by atoms with Crippen LogP contribution in [0.3, 0.4) is 0 Å². The maximum absolute atomic E-state index is 11.7. The zero-order chi connectivity index (χ0) is 14.4. The molecule has 0 aliphatic rings. The van der Waals surface area contributed by atoms with Gasteiger partial charge in [-0.25, -0.2) is 0 Å². The Balaban J connectivity index is 2.40. The van der Waals surface area contributed by atoms with Gasteiger partial charge in [-0.15, -0.1) is 11.8 Å². The molecule has 0 aliphatic carbocycles. The molecule has 0 unspecified atom stereocenters. The molecule has 0 saturated heterocycles. The maximum atomic E-state index is 11.7. The van der Waals surface area contributed by atoms with Gasteiger partial charge in [0.15, 0.2) is 0 Å². The predicted molar refractivity (Wildman–Crippen MR) is 85.1 cm³/mol. The van der Waals surface area contributed by atoms with Crippen LogP contribution in [0, 0.1) is 5.92 Å². The van der Waals surface area contributed by atoms with E-state index in [0.29, 0.717) is 27.5 Å². The lowest BCUT2D eigenvalue weighted by molar-refractivity contribution is -0.119. The number of benzene rings is 1. The van der Waals surface area contributed by atoms with E-state index in [-0.39, 0.29) is 11.9 Å². The van der Waals surface area contributed by atoms with Gasteiger partial charge in [0.2, 0.25) is 5.91 Å². The van der Waals surface area contributed by atoms with Crippen molar-refractivity contribution in [3.8, 4) is 0 Å². The molecular formula is C14H19Cl2NOS. The number of thioether (sulfide) groups is 1. The molecule has 0 radical (unpaired) electrons. The Morgan fingerprint density at radius 1 is 1.26 bits per heavy atom. The van der Waals surface area contributed by atoms with Gasteiger partial charge in [-0.2, -0.15) is 0 Å². The van der Waals surface area contributed by atoms with Crippen molar-refractivity contribution in [2.45, 2.75) is 32.6 Å². The van der Waals surface area contributed by atoms with E-state index in [1.807, 2.05) is 25.1 Å². The number of rotatable bonds is 6. The zero-order valence-corrected chi connectivity index (χ0v) is 13.7. The second kappa shape index (κ2) is 8.03. The molecule has 0 heterocycles. The van der Waals surface area contributed by atoms with Crippen LogP contribution in [0.1, 0.15) is 26.3 Å². The molecule has 0 fully saturated rings. The molecular weight excluding hydrogens is 301 g/mol. The summed E-state index contributed by atoms with van der Waals surface area (Å²) < 4.78 is 0. The van der Waals surface area contributed by atoms with Gasteiger partial charge < -0.3 is 5.32 Å². The minimum Gasteiger partial charge on any atom is -0.353 e. The van der Waals surface area contributed by atoms with Crippen LogP contribution in [-0.2, 0) is 10.5 Å². The molecule has 1 amide bonds. The molecule has 19 heavy (non-hydrogen) atoms. The highest BCUT2D eigenvalue weighted by atomic mass is 35.5. The first-order valence-corrected chi connectivity index (χ1v) is 8.13. The van der Waals surface area contributed by atoms with Crippen molar-refractivity contribution in [1.82, 2.24) is 5.32 Å². The molecule has 1 aromatic rings. The summed E-state index contributed by atoms with van der Waals surface area (Å²) >= 11 is 13.7. The van der Waals surface area contributed by atoms with Crippen LogP contribution in [0.15, 0.2) is 18.2 Å². The highest BCUT2D eigenvalue weighted by Gasteiger charge is 2.11. The van der Waals surface area contributed by atoms with Crippen molar-refractivity contribution in [2.24, 2.45) is 5.92 Å². The molecule has 0 aromatic heterocycles. The van der Waals surface area contributed by atoms with E-state index >= 15 is 0 Å². The van der Waals surface area contributed by atoms with Gasteiger partial charge in [-0.1, -0.05) is 43.1 Å². The van der Waals surface area contributed by atoms with Crippen LogP contribution < -0.4 is 5.32 Å². The Bertz CT molecular complexity index is 417. The monoisotopic (exact) mass is 319 g/mol. The van der Waals surface area contributed by atoms with E-state index in [2.05, 4.69) is 19.2 Å². The van der Waals surface area contributed by atoms with Crippen molar-refractivity contribution in [2.75, 3.05) is 5.75 Å². The lowest BCUT2D eigenvalue weighted by atomic mass is 10.1. The Morgan fingerprint density at radius 3 is 2.37 bits per heavy atom. The molecule has 0 spiro atoms. The number of hydrogen-bond acceptors (Lipinski definition) is 2. The van der Waals surface area contributed by atoms with E-state index in [9.17, 15) is 4.79 Å². The fraction of sp³-hybridized carbons (Fsp3) is 0.500. The highest BCUT2D eigenvalue weighted by Crippen LogP contribution is 2.28. The number of halogens is 2. The standard InChI is InChI=1S/C14H19Cl2NOS/c1-9(2)10(3)17-14(18)8-19-7-11-12(15)5-4-6-13(11)16/h4-6,9-10H,7-8H2,1-3H3,(H,17,18)/t10-/m0/s1. The van der Waals surface area contributed by atoms with E-state index in [4.69, 9.17) is 23.2 Å². The number of nitrogens with one attached hydrogen (secondary N) is 1. The summed E-state index contributed by atoms with van der Waals surface area (Å²) in [4.78, 5) is 11.7. The van der Waals surface area contributed by atoms with Crippen molar-refractivity contribution >= 4 is 40.9 Å². The van der Waals surface area contributed by atoms with E-state index in [0.717, 1.165) is 5.56 Å². The number of amides is 1. The Labute approximate surface area is 129 Å². The molecule has 1 N–H and O–H groups in total. The molecule has 1 atom stereocenters. The largest absolute Gasteiger partial charge is 0.353 e. The van der Waals surface area contributed by atoms with Crippen LogP contribution in [0.25, 0.3) is 0 Å². The van der Waals surface area contributed by atoms with Gasteiger partial charge in [0.25, 0.3) is 0 Å². The van der Waals surface area contributed by atoms with E-state index < -0.39 is 0 Å². The number of hydrogen-bond donors (Lipinski definition) is 1. The van der Waals surface area contributed by atoms with Crippen molar-refractivity contribution in [3.05, 3.63) is 33.8 Å². The molecule has 106 valence electrons. The first-order chi connectivity index (χ1) is 8.91. The van der Waals surface area contributed by atoms with Gasteiger partial charge in [-0.3, -0.25) is 4.79 Å². The van der Waals surface area contributed by atoms with Crippen LogP contribution in [-0.4, -0.2) is 17.7 Å². The smallest absolute Gasteiger partial charge is 0.230 e. The lowest BCUT2D eigenvalue weighted by Crippen LogP contribution is -2.37. The third-order valence-corrected chi connectivity index (χ3v) is 4.60. The topological polar surface area (TPSA) is 29.1 Å². The summed E-state index contributed by atoms with van der Waals surface area (Å²) in [5, 5.41) is 4.27. The molecule has 2 nitrogen and oxygen atoms in total. The van der Waals surface area contributed by atoms with Crippen LogP contribution in [0.2, 0.25) is 10.0 Å². The summed E-state index contributed by atoms with van der Waals surface area (Å²) in [6, 6.07) is 5.63. The highest BCUT2D eigenvalue weighted by molar-refractivity contribution is 7.99. The SMILES string of the molecule is CC(C)[C@H](C)NC(=O)CSCc1c(Cl)cccc1Cl. The Kier molecular flexibility index (Phi) is 7.05. The van der Waals surface area contributed by atoms with E-state index in [1.54, 1.807) is 0 Å². The van der Waals surface area contributed by atoms with Crippen molar-refractivity contribution < 1.29 is 4.79 Å². The van der Waals surface area contributed by atoms with Gasteiger partial charge in [-0.05, 0) is 30.5 Å². The minimum absolute atomic E-state index is 0.0503. The Hall–Kier alpha value is -0.380. The fourth-order valence-corrected chi connectivity index (χ4v) is 2.95. The first-order valence-electron chi connectivity index (χ1n) is 6.21. The maximum Gasteiger partial charge on any atom is 0.230 e. The summed E-state index contributed by atoms with van der Waals surface area (Å²) in [6.07, 6.45) is 0. The average molecular weight is 320 g/mol. The molecule has 1 rings (SSSR count). The number of carbonyl (C=O) groups excluding carboxylic acids is 1. The summed E-state index contributed by atoms with van der Waals surface area (Å²) in [7, 11) is 0. The second-order valence-corrected chi connectivity index (χ2v) is 6.59. The van der Waals surface area contributed by atoms with Gasteiger partial charge in [0.1, 0.15) is 0 Å². The quantitative estimate of drug-likeness (QED) is 0.842. The molecule has 1 aromatic carbocycles. The number of carbonyl (C=O) groups is 1. The van der Waals surface area contributed by atoms with Crippen LogP contribution >= 0.6 is 35.0 Å². The zero-order valence-electron chi connectivity index (χ0n) is 11.4. The summed E-state index contributed by atoms with van der Waals surface area (Å²) in [5.41, 5.74) is 0.889. The summed E-state index contributed by atoms with van der Waals surface area (Å²) in [5.74, 6) is 1.54. The average Bonchev–Trinajstić information content (AvgIpc) is 2.32. The molecule has 0 bridgehead atoms. The van der Waals surface area contributed by atoms with Gasteiger partial charge in [0, 0.05) is 21.8 Å². The van der Waals surface area contributed by atoms with Crippen molar-refractivity contribution in [3.63, 3.8) is 0 Å². The van der Waals surface area contributed by atoms with Crippen LogP contribution in [0.5, 0.6) is 0 Å². The summed E-state index contributed by atoms with van der Waals surface area (Å²) in [6.45, 7) is 6.18. The van der Waals surface area contributed by atoms with Crippen molar-refractivity contribution in [1.29, 1.82) is 0 Å². The predicted octanol–water partition coefficient (Wildman–Crippen LogP) is 4.39. The molecule has 5 heteroatoms. The third-order valence-electron chi connectivity index (χ3n) is 2.93. The Morgan fingerprint density at radius 2 is 1.84 bits per heavy atom. The fourth-order valence-electron chi connectivity index (χ4n) is 1.38. The lowest BCUT2D eigenvalue weighted by Gasteiger charge is -2.17. The minimum atomic E-state index is 0.0503. The molecule has 0 saturated carbocycles. The van der Waals surface area contributed by atoms with E-state index in [1.165, 1.54) is 11.8 Å².